The van der Waals surface area contributed by atoms with Crippen molar-refractivity contribution in [3.63, 3.8) is 0 Å². The van der Waals surface area contributed by atoms with E-state index < -0.39 is 0 Å². The van der Waals surface area contributed by atoms with Crippen LogP contribution in [0.5, 0.6) is 0 Å². The molecule has 1 unspecified atom stereocenters. The summed E-state index contributed by atoms with van der Waals surface area (Å²) in [6, 6.07) is 0.113. The van der Waals surface area contributed by atoms with Crippen LogP contribution in [0.4, 0.5) is 0 Å². The van der Waals surface area contributed by atoms with Crippen LogP contribution in [0.25, 0.3) is 0 Å². The van der Waals surface area contributed by atoms with Gasteiger partial charge in [-0.1, -0.05) is 6.92 Å². The first kappa shape index (κ1) is 12.9. The third-order valence-electron chi connectivity index (χ3n) is 3.47. The van der Waals surface area contributed by atoms with Crippen molar-refractivity contribution in [2.24, 2.45) is 5.73 Å². The van der Waals surface area contributed by atoms with Gasteiger partial charge in [-0.2, -0.15) is 0 Å². The fourth-order valence-corrected chi connectivity index (χ4v) is 2.09. The van der Waals surface area contributed by atoms with Gasteiger partial charge in [-0.05, 0) is 46.2 Å². The van der Waals surface area contributed by atoms with Gasteiger partial charge in [-0.25, -0.2) is 0 Å². The summed E-state index contributed by atoms with van der Waals surface area (Å²) in [6.07, 6.45) is 3.69. The largest absolute Gasteiger partial charge is 0.380 e. The molecule has 3 heteroatoms. The molecule has 90 valence electrons. The van der Waals surface area contributed by atoms with Gasteiger partial charge in [-0.3, -0.25) is 4.90 Å². The molecule has 0 aromatic rings. The van der Waals surface area contributed by atoms with Crippen molar-refractivity contribution in [3.8, 4) is 0 Å². The zero-order valence-corrected chi connectivity index (χ0v) is 10.5. The Balaban J connectivity index is 2.37. The highest BCUT2D eigenvalue weighted by Crippen LogP contribution is 2.23. The molecule has 15 heavy (non-hydrogen) atoms. The average molecular weight is 214 g/mol. The third-order valence-corrected chi connectivity index (χ3v) is 3.47. The summed E-state index contributed by atoms with van der Waals surface area (Å²) in [6.45, 7) is 10.5. The maximum Gasteiger partial charge on any atom is 0.0635 e. The molecule has 1 atom stereocenters. The minimum Gasteiger partial charge on any atom is -0.380 e. The molecule has 1 aliphatic rings. The number of hydrogen-bond donors (Lipinski definition) is 1. The highest BCUT2D eigenvalue weighted by Gasteiger charge is 2.34. The minimum atomic E-state index is 0.0737. The first-order chi connectivity index (χ1) is 7.09. The fraction of sp³-hybridized carbons (Fsp3) is 1.00. The lowest BCUT2D eigenvalue weighted by atomic mass is 9.94. The molecule has 0 aromatic carbocycles. The number of nitrogens with zero attached hydrogens (tertiary/aromatic N) is 1. The third kappa shape index (κ3) is 3.44. The number of rotatable bonds is 6. The van der Waals surface area contributed by atoms with Crippen molar-refractivity contribution >= 4 is 0 Å². The van der Waals surface area contributed by atoms with Crippen LogP contribution in [-0.4, -0.2) is 42.8 Å². The van der Waals surface area contributed by atoms with Gasteiger partial charge in [0, 0.05) is 18.2 Å². The van der Waals surface area contributed by atoms with E-state index in [1.165, 1.54) is 25.9 Å². The predicted molar refractivity (Wildman–Crippen MR) is 64.0 cm³/mol. The summed E-state index contributed by atoms with van der Waals surface area (Å²) in [7, 11) is 0. The lowest BCUT2D eigenvalue weighted by Gasteiger charge is -2.40. The summed E-state index contributed by atoms with van der Waals surface area (Å²) >= 11 is 0. The van der Waals surface area contributed by atoms with Crippen molar-refractivity contribution in [2.75, 3.05) is 26.3 Å². The van der Waals surface area contributed by atoms with Crippen LogP contribution < -0.4 is 5.73 Å². The van der Waals surface area contributed by atoms with Crippen LogP contribution in [0.1, 0.15) is 40.0 Å². The quantitative estimate of drug-likeness (QED) is 0.683. The lowest BCUT2D eigenvalue weighted by Crippen LogP contribution is -2.57. The lowest BCUT2D eigenvalue weighted by molar-refractivity contribution is 0.0516. The molecule has 1 heterocycles. The summed E-state index contributed by atoms with van der Waals surface area (Å²) < 4.78 is 5.54. The monoisotopic (exact) mass is 214 g/mol. The van der Waals surface area contributed by atoms with Gasteiger partial charge < -0.3 is 10.5 Å². The second kappa shape index (κ2) is 5.83. The fourth-order valence-electron chi connectivity index (χ4n) is 2.09. The SMILES string of the molecule is CCCOCC(N)C(C)(C)N1CCCC1. The van der Waals surface area contributed by atoms with Gasteiger partial charge in [0.25, 0.3) is 0 Å². The van der Waals surface area contributed by atoms with Crippen molar-refractivity contribution in [1.29, 1.82) is 0 Å². The number of ether oxygens (including phenoxy) is 1. The molecule has 0 amide bonds. The number of likely N-dealkylation sites (tertiary alicyclic amines) is 1. The van der Waals surface area contributed by atoms with Crippen molar-refractivity contribution in [1.82, 2.24) is 4.90 Å². The molecule has 0 bridgehead atoms. The molecule has 1 saturated heterocycles. The number of nitrogens with two attached hydrogens (primary N) is 1. The Morgan fingerprint density at radius 2 is 1.93 bits per heavy atom. The Hall–Kier alpha value is -0.120. The smallest absolute Gasteiger partial charge is 0.0635 e. The van der Waals surface area contributed by atoms with Gasteiger partial charge >= 0.3 is 0 Å². The maximum atomic E-state index is 6.21. The zero-order chi connectivity index (χ0) is 11.3. The van der Waals surface area contributed by atoms with Gasteiger partial charge in [0.2, 0.25) is 0 Å². The number of hydrogen-bond acceptors (Lipinski definition) is 3. The molecule has 0 spiro atoms. The molecule has 1 fully saturated rings. The Bertz CT molecular complexity index is 176. The second-order valence-corrected chi connectivity index (χ2v) is 5.03. The van der Waals surface area contributed by atoms with E-state index in [1.54, 1.807) is 0 Å². The zero-order valence-electron chi connectivity index (χ0n) is 10.5. The van der Waals surface area contributed by atoms with Crippen LogP contribution >= 0.6 is 0 Å². The van der Waals surface area contributed by atoms with Gasteiger partial charge in [0.1, 0.15) is 0 Å². The molecular formula is C12H26N2O. The molecular weight excluding hydrogens is 188 g/mol. The summed E-state index contributed by atoms with van der Waals surface area (Å²) in [5.41, 5.74) is 6.28. The normalized spacial score (nSPS) is 20.8. The predicted octanol–water partition coefficient (Wildman–Crippen LogP) is 1.61. The Kier molecular flexibility index (Phi) is 5.03. The average Bonchev–Trinajstić information content (AvgIpc) is 2.71. The van der Waals surface area contributed by atoms with Crippen LogP contribution in [-0.2, 0) is 4.74 Å². The summed E-state index contributed by atoms with van der Waals surface area (Å²) in [4.78, 5) is 2.49. The van der Waals surface area contributed by atoms with E-state index in [1.807, 2.05) is 0 Å². The van der Waals surface area contributed by atoms with Crippen molar-refractivity contribution in [2.45, 2.75) is 51.6 Å². The summed E-state index contributed by atoms with van der Waals surface area (Å²) in [5.74, 6) is 0. The molecule has 0 radical (unpaired) electrons. The van der Waals surface area contributed by atoms with Crippen molar-refractivity contribution in [3.05, 3.63) is 0 Å². The van der Waals surface area contributed by atoms with Crippen molar-refractivity contribution < 1.29 is 4.74 Å². The van der Waals surface area contributed by atoms with Crippen LogP contribution in [0.2, 0.25) is 0 Å². The molecule has 1 aliphatic heterocycles. The first-order valence-electron chi connectivity index (χ1n) is 6.17. The highest BCUT2D eigenvalue weighted by molar-refractivity contribution is 4.93. The van der Waals surface area contributed by atoms with Gasteiger partial charge in [0.05, 0.1) is 6.61 Å². The highest BCUT2D eigenvalue weighted by atomic mass is 16.5. The van der Waals surface area contributed by atoms with Gasteiger partial charge in [0.15, 0.2) is 0 Å². The Morgan fingerprint density at radius 1 is 1.33 bits per heavy atom. The van der Waals surface area contributed by atoms with E-state index in [0.717, 1.165) is 13.0 Å². The topological polar surface area (TPSA) is 38.5 Å². The standard InChI is InChI=1S/C12H26N2O/c1-4-9-15-10-11(13)12(2,3)14-7-5-6-8-14/h11H,4-10,13H2,1-3H3. The van der Waals surface area contributed by atoms with E-state index in [2.05, 4.69) is 25.7 Å². The molecule has 3 nitrogen and oxygen atoms in total. The van der Waals surface area contributed by atoms with Crippen LogP contribution in [0.15, 0.2) is 0 Å². The first-order valence-corrected chi connectivity index (χ1v) is 6.17. The summed E-state index contributed by atoms with van der Waals surface area (Å²) in [5, 5.41) is 0. The van der Waals surface area contributed by atoms with E-state index in [-0.39, 0.29) is 11.6 Å². The van der Waals surface area contributed by atoms with Gasteiger partial charge in [-0.15, -0.1) is 0 Å². The molecule has 1 rings (SSSR count). The van der Waals surface area contributed by atoms with Crippen LogP contribution in [0.3, 0.4) is 0 Å². The molecule has 0 aliphatic carbocycles. The minimum absolute atomic E-state index is 0.0737. The maximum absolute atomic E-state index is 6.21. The van der Waals surface area contributed by atoms with E-state index in [0.29, 0.717) is 6.61 Å². The van der Waals surface area contributed by atoms with E-state index in [4.69, 9.17) is 10.5 Å². The molecule has 0 saturated carbocycles. The van der Waals surface area contributed by atoms with E-state index in [9.17, 15) is 0 Å². The Morgan fingerprint density at radius 3 is 2.47 bits per heavy atom. The molecule has 2 N–H and O–H groups in total. The second-order valence-electron chi connectivity index (χ2n) is 5.03. The molecule has 0 aromatic heterocycles. The van der Waals surface area contributed by atoms with E-state index >= 15 is 0 Å². The van der Waals surface area contributed by atoms with Crippen LogP contribution in [0, 0.1) is 0 Å². The Labute approximate surface area is 94.0 Å².